The molecule has 0 saturated carbocycles. The fourth-order valence-corrected chi connectivity index (χ4v) is 2.99. The Morgan fingerprint density at radius 2 is 2.23 bits per heavy atom. The van der Waals surface area contributed by atoms with Crippen molar-refractivity contribution < 1.29 is 4.79 Å². The SMILES string of the molecule is [C-]#[N+]c1c(N2CCC(C(N)=O)CC2)nc(Cl)c(C#N)c1CC. The van der Waals surface area contributed by atoms with Crippen LogP contribution in [0.4, 0.5) is 11.5 Å². The maximum atomic E-state index is 11.2. The third kappa shape index (κ3) is 2.84. The normalized spacial score (nSPS) is 15.2. The maximum absolute atomic E-state index is 11.2. The number of nitrogens with two attached hydrogens (primary N) is 1. The molecule has 1 aliphatic rings. The molecule has 114 valence electrons. The minimum absolute atomic E-state index is 0.124. The highest BCUT2D eigenvalue weighted by Crippen LogP contribution is 2.37. The molecular weight excluding hydrogens is 302 g/mol. The van der Waals surface area contributed by atoms with E-state index < -0.39 is 0 Å². The molecule has 0 bridgehead atoms. The van der Waals surface area contributed by atoms with Crippen LogP contribution in [0.1, 0.15) is 30.9 Å². The summed E-state index contributed by atoms with van der Waals surface area (Å²) >= 11 is 6.10. The van der Waals surface area contributed by atoms with Gasteiger partial charge in [-0.3, -0.25) is 4.79 Å². The average Bonchev–Trinajstić information content (AvgIpc) is 2.53. The smallest absolute Gasteiger partial charge is 0.232 e. The largest absolute Gasteiger partial charge is 0.369 e. The molecule has 0 spiro atoms. The van der Waals surface area contributed by atoms with E-state index in [-0.39, 0.29) is 22.5 Å². The fourth-order valence-electron chi connectivity index (χ4n) is 2.75. The number of rotatable bonds is 3. The van der Waals surface area contributed by atoms with Gasteiger partial charge in [-0.25, -0.2) is 9.83 Å². The van der Waals surface area contributed by atoms with Gasteiger partial charge in [-0.05, 0) is 24.8 Å². The van der Waals surface area contributed by atoms with Gasteiger partial charge in [-0.15, -0.1) is 0 Å². The van der Waals surface area contributed by atoms with Gasteiger partial charge in [0.25, 0.3) is 0 Å². The molecule has 0 aliphatic carbocycles. The van der Waals surface area contributed by atoms with Crippen molar-refractivity contribution in [1.29, 1.82) is 5.26 Å². The zero-order valence-corrected chi connectivity index (χ0v) is 13.0. The number of nitriles is 1. The quantitative estimate of drug-likeness (QED) is 0.685. The Morgan fingerprint density at radius 1 is 1.59 bits per heavy atom. The monoisotopic (exact) mass is 317 g/mol. The van der Waals surface area contributed by atoms with Crippen molar-refractivity contribution in [2.75, 3.05) is 18.0 Å². The van der Waals surface area contributed by atoms with Crippen LogP contribution >= 0.6 is 11.6 Å². The highest BCUT2D eigenvalue weighted by atomic mass is 35.5. The molecule has 22 heavy (non-hydrogen) atoms. The molecule has 2 rings (SSSR count). The third-order valence-electron chi connectivity index (χ3n) is 3.98. The van der Waals surface area contributed by atoms with Crippen LogP contribution in [0.2, 0.25) is 5.15 Å². The van der Waals surface area contributed by atoms with Crippen molar-refractivity contribution >= 4 is 29.0 Å². The predicted molar refractivity (Wildman–Crippen MR) is 83.7 cm³/mol. The lowest BCUT2D eigenvalue weighted by molar-refractivity contribution is -0.122. The predicted octanol–water partition coefficient (Wildman–Crippen LogP) is 2.42. The fraction of sp³-hybridized carbons (Fsp3) is 0.467. The van der Waals surface area contributed by atoms with Gasteiger partial charge in [0.2, 0.25) is 11.6 Å². The standard InChI is InChI=1S/C15H16ClN5O/c1-3-10-11(8-17)13(16)20-15(12(10)19-2)21-6-4-9(5-7-21)14(18)22/h9H,3-7H2,1H3,(H2,18,22). The van der Waals surface area contributed by atoms with E-state index in [9.17, 15) is 10.1 Å². The van der Waals surface area contributed by atoms with Crippen LogP contribution in [-0.2, 0) is 11.2 Å². The van der Waals surface area contributed by atoms with Crippen molar-refractivity contribution in [3.63, 3.8) is 0 Å². The zero-order chi connectivity index (χ0) is 16.3. The van der Waals surface area contributed by atoms with Crippen molar-refractivity contribution in [3.05, 3.63) is 27.7 Å². The molecule has 1 aromatic rings. The van der Waals surface area contributed by atoms with Crippen molar-refractivity contribution in [3.8, 4) is 6.07 Å². The lowest BCUT2D eigenvalue weighted by atomic mass is 9.96. The van der Waals surface area contributed by atoms with Gasteiger partial charge in [-0.2, -0.15) is 5.26 Å². The number of carbonyl (C=O) groups is 1. The number of hydrogen-bond acceptors (Lipinski definition) is 4. The Hall–Kier alpha value is -2.31. The van der Waals surface area contributed by atoms with Crippen LogP contribution < -0.4 is 10.6 Å². The zero-order valence-electron chi connectivity index (χ0n) is 12.3. The van der Waals surface area contributed by atoms with E-state index in [2.05, 4.69) is 9.83 Å². The van der Waals surface area contributed by atoms with E-state index in [0.29, 0.717) is 49.4 Å². The number of pyridine rings is 1. The second-order valence-corrected chi connectivity index (χ2v) is 5.53. The summed E-state index contributed by atoms with van der Waals surface area (Å²) in [6, 6.07) is 2.02. The van der Waals surface area contributed by atoms with E-state index in [4.69, 9.17) is 23.9 Å². The third-order valence-corrected chi connectivity index (χ3v) is 4.26. The van der Waals surface area contributed by atoms with Crippen LogP contribution in [0.25, 0.3) is 4.85 Å². The van der Waals surface area contributed by atoms with E-state index >= 15 is 0 Å². The van der Waals surface area contributed by atoms with Gasteiger partial charge in [0, 0.05) is 19.0 Å². The molecule has 1 saturated heterocycles. The molecule has 7 heteroatoms. The topological polar surface area (TPSA) is 87.4 Å². The molecule has 2 heterocycles. The molecule has 0 radical (unpaired) electrons. The molecule has 6 nitrogen and oxygen atoms in total. The number of carbonyl (C=O) groups excluding carboxylic acids is 1. The second kappa shape index (κ2) is 6.64. The number of hydrogen-bond donors (Lipinski definition) is 1. The summed E-state index contributed by atoms with van der Waals surface area (Å²) in [5.74, 6) is 0.0797. The summed E-state index contributed by atoms with van der Waals surface area (Å²) in [5, 5.41) is 9.33. The number of piperidine rings is 1. The first kappa shape index (κ1) is 16.1. The summed E-state index contributed by atoms with van der Waals surface area (Å²) in [6.45, 7) is 10.5. The van der Waals surface area contributed by atoms with Crippen LogP contribution in [0, 0.1) is 23.8 Å². The lowest BCUT2D eigenvalue weighted by Gasteiger charge is -2.32. The number of amides is 1. The van der Waals surface area contributed by atoms with E-state index in [0.717, 1.165) is 0 Å². The second-order valence-electron chi connectivity index (χ2n) is 5.17. The molecule has 0 aromatic carbocycles. The van der Waals surface area contributed by atoms with Crippen LogP contribution in [-0.4, -0.2) is 24.0 Å². The Morgan fingerprint density at radius 3 is 2.68 bits per heavy atom. The lowest BCUT2D eigenvalue weighted by Crippen LogP contribution is -2.39. The molecule has 0 atom stereocenters. The van der Waals surface area contributed by atoms with Gasteiger partial charge in [-0.1, -0.05) is 18.5 Å². The molecular formula is C15H16ClN5O. The van der Waals surface area contributed by atoms with E-state index in [1.807, 2.05) is 17.9 Å². The first-order chi connectivity index (χ1) is 10.5. The summed E-state index contributed by atoms with van der Waals surface area (Å²) in [7, 11) is 0. The average molecular weight is 318 g/mol. The van der Waals surface area contributed by atoms with Crippen molar-refractivity contribution in [2.24, 2.45) is 11.7 Å². The summed E-state index contributed by atoms with van der Waals surface area (Å²) in [4.78, 5) is 21.0. The Kier molecular flexibility index (Phi) is 4.85. The number of anilines is 1. The Bertz CT molecular complexity index is 681. The van der Waals surface area contributed by atoms with E-state index in [1.54, 1.807) is 0 Å². The number of nitrogens with zero attached hydrogens (tertiary/aromatic N) is 4. The van der Waals surface area contributed by atoms with Crippen LogP contribution in [0.3, 0.4) is 0 Å². The number of halogens is 1. The van der Waals surface area contributed by atoms with Gasteiger partial charge in [0.1, 0.15) is 17.0 Å². The first-order valence-electron chi connectivity index (χ1n) is 7.07. The van der Waals surface area contributed by atoms with Gasteiger partial charge < -0.3 is 10.6 Å². The van der Waals surface area contributed by atoms with Crippen molar-refractivity contribution in [1.82, 2.24) is 4.98 Å². The molecule has 0 unspecified atom stereocenters. The summed E-state index contributed by atoms with van der Waals surface area (Å²) in [6.07, 6.45) is 1.80. The molecule has 1 fully saturated rings. The van der Waals surface area contributed by atoms with E-state index in [1.165, 1.54) is 0 Å². The molecule has 2 N–H and O–H groups in total. The van der Waals surface area contributed by atoms with Crippen molar-refractivity contribution in [2.45, 2.75) is 26.2 Å². The summed E-state index contributed by atoms with van der Waals surface area (Å²) < 4.78 is 0. The van der Waals surface area contributed by atoms with Gasteiger partial charge >= 0.3 is 0 Å². The minimum Gasteiger partial charge on any atom is -0.369 e. The molecule has 1 amide bonds. The molecule has 1 aliphatic heterocycles. The van der Waals surface area contributed by atoms with Crippen LogP contribution in [0.15, 0.2) is 0 Å². The van der Waals surface area contributed by atoms with Gasteiger partial charge in [0.15, 0.2) is 0 Å². The van der Waals surface area contributed by atoms with Crippen LogP contribution in [0.5, 0.6) is 0 Å². The highest BCUT2D eigenvalue weighted by Gasteiger charge is 2.27. The minimum atomic E-state index is -0.287. The number of primary amides is 1. The Labute approximate surface area is 134 Å². The van der Waals surface area contributed by atoms with Gasteiger partial charge in [0.05, 0.1) is 12.1 Å². The first-order valence-corrected chi connectivity index (χ1v) is 7.45. The maximum Gasteiger partial charge on any atom is 0.232 e. The number of aromatic nitrogens is 1. The highest BCUT2D eigenvalue weighted by molar-refractivity contribution is 6.31. The Balaban J connectivity index is 2.41. The summed E-state index contributed by atoms with van der Waals surface area (Å²) in [5.41, 5.74) is 6.61. The molecule has 1 aromatic heterocycles.